The van der Waals surface area contributed by atoms with Crippen LogP contribution in [0.15, 0.2) is 30.6 Å². The number of hydrogen-bond acceptors (Lipinski definition) is 5. The van der Waals surface area contributed by atoms with Gasteiger partial charge in [0, 0.05) is 6.07 Å². The minimum absolute atomic E-state index is 0.234. The minimum atomic E-state index is -0.234. The quantitative estimate of drug-likeness (QED) is 0.902. The fourth-order valence-electron chi connectivity index (χ4n) is 2.08. The maximum Gasteiger partial charge on any atom is 0.216 e. The van der Waals surface area contributed by atoms with E-state index < -0.39 is 0 Å². The van der Waals surface area contributed by atoms with Crippen LogP contribution in [-0.2, 0) is 6.42 Å². The summed E-state index contributed by atoms with van der Waals surface area (Å²) in [4.78, 5) is 8.19. The number of aryl methyl sites for hydroxylation is 1. The molecule has 5 nitrogen and oxygen atoms in total. The van der Waals surface area contributed by atoms with Crippen LogP contribution in [0.3, 0.4) is 0 Å². The van der Waals surface area contributed by atoms with Crippen molar-refractivity contribution in [2.24, 2.45) is 5.73 Å². The van der Waals surface area contributed by atoms with Gasteiger partial charge in [0.05, 0.1) is 26.0 Å². The fraction of sp³-hybridized carbons (Fsp3) is 0.333. The first-order valence-electron chi connectivity index (χ1n) is 6.39. The van der Waals surface area contributed by atoms with Crippen molar-refractivity contribution in [1.29, 1.82) is 0 Å². The number of aromatic nitrogens is 2. The largest absolute Gasteiger partial charge is 0.496 e. The highest BCUT2D eigenvalue weighted by molar-refractivity contribution is 5.38. The van der Waals surface area contributed by atoms with Crippen LogP contribution in [0.1, 0.15) is 22.9 Å². The lowest BCUT2D eigenvalue weighted by Gasteiger charge is -2.14. The summed E-state index contributed by atoms with van der Waals surface area (Å²) in [5, 5.41) is 0. The van der Waals surface area contributed by atoms with Crippen LogP contribution in [-0.4, -0.2) is 24.2 Å². The minimum Gasteiger partial charge on any atom is -0.496 e. The Hall–Kier alpha value is -2.14. The van der Waals surface area contributed by atoms with Crippen molar-refractivity contribution in [1.82, 2.24) is 9.97 Å². The van der Waals surface area contributed by atoms with E-state index in [1.807, 2.05) is 19.1 Å². The van der Waals surface area contributed by atoms with Crippen LogP contribution in [0.5, 0.6) is 11.6 Å². The van der Waals surface area contributed by atoms with E-state index in [0.29, 0.717) is 12.3 Å². The highest BCUT2D eigenvalue weighted by Gasteiger charge is 2.13. The maximum absolute atomic E-state index is 6.22. The van der Waals surface area contributed by atoms with Gasteiger partial charge < -0.3 is 15.2 Å². The van der Waals surface area contributed by atoms with Crippen LogP contribution < -0.4 is 15.2 Å². The van der Waals surface area contributed by atoms with Gasteiger partial charge in [-0.25, -0.2) is 9.97 Å². The van der Waals surface area contributed by atoms with E-state index in [4.69, 9.17) is 15.2 Å². The third kappa shape index (κ3) is 3.24. The zero-order valence-corrected chi connectivity index (χ0v) is 12.0. The number of benzene rings is 1. The Morgan fingerprint density at radius 2 is 1.95 bits per heavy atom. The van der Waals surface area contributed by atoms with Crippen molar-refractivity contribution in [3.05, 3.63) is 47.4 Å². The summed E-state index contributed by atoms with van der Waals surface area (Å²) in [5.74, 6) is 1.36. The van der Waals surface area contributed by atoms with Crippen molar-refractivity contribution in [2.45, 2.75) is 19.4 Å². The Morgan fingerprint density at radius 3 is 2.65 bits per heavy atom. The lowest BCUT2D eigenvalue weighted by molar-refractivity contribution is 0.394. The molecule has 106 valence electrons. The molecule has 1 aromatic carbocycles. The van der Waals surface area contributed by atoms with Crippen LogP contribution >= 0.6 is 0 Å². The zero-order chi connectivity index (χ0) is 14.5. The molecule has 5 heteroatoms. The number of nitrogens with two attached hydrogens (primary N) is 1. The average Bonchev–Trinajstić information content (AvgIpc) is 2.47. The van der Waals surface area contributed by atoms with Crippen molar-refractivity contribution < 1.29 is 9.47 Å². The molecule has 20 heavy (non-hydrogen) atoms. The molecule has 1 heterocycles. The standard InChI is InChI=1S/C15H19N3O2/c1-10-4-5-14(19-2)11(6-10)7-12(16)13-8-15(20-3)18-9-17-13/h4-6,8-9,12H,7,16H2,1-3H3. The van der Waals surface area contributed by atoms with Gasteiger partial charge in [-0.05, 0) is 25.0 Å². The van der Waals surface area contributed by atoms with E-state index in [1.165, 1.54) is 11.9 Å². The molecule has 2 aromatic rings. The number of hydrogen-bond donors (Lipinski definition) is 1. The van der Waals surface area contributed by atoms with Gasteiger partial charge in [-0.3, -0.25) is 0 Å². The molecular weight excluding hydrogens is 254 g/mol. The topological polar surface area (TPSA) is 70.3 Å². The van der Waals surface area contributed by atoms with Crippen molar-refractivity contribution >= 4 is 0 Å². The summed E-state index contributed by atoms with van der Waals surface area (Å²) in [6.45, 7) is 2.04. The molecule has 0 aliphatic carbocycles. The highest BCUT2D eigenvalue weighted by atomic mass is 16.5. The second kappa shape index (κ2) is 6.34. The van der Waals surface area contributed by atoms with Gasteiger partial charge in [0.1, 0.15) is 12.1 Å². The van der Waals surface area contributed by atoms with Gasteiger partial charge in [-0.1, -0.05) is 17.7 Å². The summed E-state index contributed by atoms with van der Waals surface area (Å²) in [6.07, 6.45) is 2.10. The zero-order valence-electron chi connectivity index (χ0n) is 12.0. The van der Waals surface area contributed by atoms with Gasteiger partial charge in [-0.2, -0.15) is 0 Å². The Bertz CT molecular complexity index is 587. The summed E-state index contributed by atoms with van der Waals surface area (Å²) < 4.78 is 10.5. The Labute approximate surface area is 118 Å². The average molecular weight is 273 g/mol. The highest BCUT2D eigenvalue weighted by Crippen LogP contribution is 2.25. The van der Waals surface area contributed by atoms with E-state index in [0.717, 1.165) is 17.0 Å². The molecular formula is C15H19N3O2. The normalized spacial score (nSPS) is 12.0. The molecule has 0 radical (unpaired) electrons. The van der Waals surface area contributed by atoms with Crippen molar-refractivity contribution in [3.63, 3.8) is 0 Å². The Morgan fingerprint density at radius 1 is 1.15 bits per heavy atom. The molecule has 1 unspecified atom stereocenters. The number of ether oxygens (including phenoxy) is 2. The Balaban J connectivity index is 2.22. The number of methoxy groups -OCH3 is 2. The van der Waals surface area contributed by atoms with Gasteiger partial charge in [0.25, 0.3) is 0 Å². The van der Waals surface area contributed by atoms with Crippen LogP contribution in [0.25, 0.3) is 0 Å². The second-order valence-electron chi connectivity index (χ2n) is 4.61. The second-order valence-corrected chi connectivity index (χ2v) is 4.61. The maximum atomic E-state index is 6.22. The first-order valence-corrected chi connectivity index (χ1v) is 6.39. The molecule has 0 amide bonds. The monoisotopic (exact) mass is 273 g/mol. The Kier molecular flexibility index (Phi) is 4.53. The molecule has 0 fully saturated rings. The number of nitrogens with zero attached hydrogens (tertiary/aromatic N) is 2. The van der Waals surface area contributed by atoms with E-state index in [1.54, 1.807) is 20.3 Å². The van der Waals surface area contributed by atoms with E-state index in [9.17, 15) is 0 Å². The molecule has 0 spiro atoms. The first-order chi connectivity index (χ1) is 9.63. The van der Waals surface area contributed by atoms with Gasteiger partial charge in [-0.15, -0.1) is 0 Å². The van der Waals surface area contributed by atoms with E-state index >= 15 is 0 Å². The lowest BCUT2D eigenvalue weighted by atomic mass is 10.0. The first kappa shape index (κ1) is 14.3. The molecule has 2 rings (SSSR count). The molecule has 2 N–H and O–H groups in total. The summed E-state index contributed by atoms with van der Waals surface area (Å²) >= 11 is 0. The summed E-state index contributed by atoms with van der Waals surface area (Å²) in [7, 11) is 3.23. The molecule has 1 atom stereocenters. The SMILES string of the molecule is COc1cc(C(N)Cc2cc(C)ccc2OC)ncn1. The molecule has 1 aromatic heterocycles. The van der Waals surface area contributed by atoms with Crippen LogP contribution in [0.2, 0.25) is 0 Å². The predicted molar refractivity (Wildman–Crippen MR) is 76.9 cm³/mol. The van der Waals surface area contributed by atoms with E-state index in [2.05, 4.69) is 16.0 Å². The van der Waals surface area contributed by atoms with Crippen LogP contribution in [0, 0.1) is 6.92 Å². The molecule has 0 aliphatic heterocycles. The van der Waals surface area contributed by atoms with Crippen molar-refractivity contribution in [2.75, 3.05) is 14.2 Å². The van der Waals surface area contributed by atoms with Gasteiger partial charge in [0.15, 0.2) is 0 Å². The third-order valence-corrected chi connectivity index (χ3v) is 3.13. The predicted octanol–water partition coefficient (Wildman–Crippen LogP) is 2.04. The van der Waals surface area contributed by atoms with Crippen LogP contribution in [0.4, 0.5) is 0 Å². The molecule has 0 saturated carbocycles. The third-order valence-electron chi connectivity index (χ3n) is 3.13. The van der Waals surface area contributed by atoms with Gasteiger partial charge >= 0.3 is 0 Å². The molecule has 0 saturated heterocycles. The summed E-state index contributed by atoms with van der Waals surface area (Å²) in [6, 6.07) is 7.58. The fourth-order valence-corrected chi connectivity index (χ4v) is 2.08. The molecule has 0 bridgehead atoms. The lowest BCUT2D eigenvalue weighted by Crippen LogP contribution is -2.16. The summed E-state index contributed by atoms with van der Waals surface area (Å²) in [5.41, 5.74) is 9.21. The van der Waals surface area contributed by atoms with E-state index in [-0.39, 0.29) is 6.04 Å². The van der Waals surface area contributed by atoms with Gasteiger partial charge in [0.2, 0.25) is 5.88 Å². The number of rotatable bonds is 5. The smallest absolute Gasteiger partial charge is 0.216 e. The molecule has 0 aliphatic rings. The van der Waals surface area contributed by atoms with Crippen molar-refractivity contribution in [3.8, 4) is 11.6 Å².